The molecule has 0 aliphatic rings. The summed E-state index contributed by atoms with van der Waals surface area (Å²) >= 11 is 0. The van der Waals surface area contributed by atoms with Crippen molar-refractivity contribution in [3.05, 3.63) is 0 Å². The average molecular weight is 217 g/mol. The van der Waals surface area contributed by atoms with Crippen LogP contribution in [0.1, 0.15) is 33.1 Å². The second-order valence-corrected chi connectivity index (χ2v) is 3.61. The Labute approximate surface area is 92.1 Å². The third-order valence-corrected chi connectivity index (χ3v) is 2.12. The van der Waals surface area contributed by atoms with Crippen LogP contribution in [0.5, 0.6) is 0 Å². The predicted octanol–water partition coefficient (Wildman–Crippen LogP) is 1.33. The van der Waals surface area contributed by atoms with Crippen molar-refractivity contribution in [2.45, 2.75) is 33.1 Å². The smallest absolute Gasteiger partial charge is 0.308 e. The van der Waals surface area contributed by atoms with Gasteiger partial charge < -0.3 is 15.2 Å². The van der Waals surface area contributed by atoms with Gasteiger partial charge in [0.25, 0.3) is 0 Å². The van der Waals surface area contributed by atoms with Crippen LogP contribution in [0, 0.1) is 5.92 Å². The lowest BCUT2D eigenvalue weighted by atomic mass is 10.1. The molecule has 4 heteroatoms. The van der Waals surface area contributed by atoms with E-state index in [4.69, 9.17) is 15.2 Å². The van der Waals surface area contributed by atoms with Crippen LogP contribution in [0.4, 0.5) is 0 Å². The van der Waals surface area contributed by atoms with Gasteiger partial charge >= 0.3 is 5.97 Å². The van der Waals surface area contributed by atoms with Crippen LogP contribution in [0.25, 0.3) is 0 Å². The minimum atomic E-state index is -0.181. The van der Waals surface area contributed by atoms with Crippen LogP contribution in [-0.4, -0.2) is 32.3 Å². The Bertz CT molecular complexity index is 162. The van der Waals surface area contributed by atoms with Gasteiger partial charge in [0, 0.05) is 6.61 Å². The quantitative estimate of drug-likeness (QED) is 0.467. The molecule has 1 atom stereocenters. The molecule has 2 N–H and O–H groups in total. The summed E-state index contributed by atoms with van der Waals surface area (Å²) in [6, 6.07) is 0. The molecule has 0 aromatic heterocycles. The largest absolute Gasteiger partial charge is 0.463 e. The third kappa shape index (κ3) is 8.39. The van der Waals surface area contributed by atoms with Crippen LogP contribution in [0.15, 0.2) is 0 Å². The molecule has 0 aromatic rings. The Balaban J connectivity index is 3.30. The molecular formula is C11H23NO3. The summed E-state index contributed by atoms with van der Waals surface area (Å²) in [5, 5.41) is 0. The second-order valence-electron chi connectivity index (χ2n) is 3.61. The summed E-state index contributed by atoms with van der Waals surface area (Å²) in [5.74, 6) is -0.287. The van der Waals surface area contributed by atoms with E-state index in [1.807, 2.05) is 6.92 Å². The molecular weight excluding hydrogens is 194 g/mol. The molecule has 0 saturated carbocycles. The highest BCUT2D eigenvalue weighted by molar-refractivity contribution is 5.71. The van der Waals surface area contributed by atoms with E-state index in [1.54, 1.807) is 0 Å². The van der Waals surface area contributed by atoms with Crippen molar-refractivity contribution < 1.29 is 14.3 Å². The van der Waals surface area contributed by atoms with Gasteiger partial charge in [-0.1, -0.05) is 20.3 Å². The molecule has 0 rings (SSSR count). The highest BCUT2D eigenvalue weighted by Gasteiger charge is 2.12. The fraction of sp³-hybridized carbons (Fsp3) is 0.909. The lowest BCUT2D eigenvalue weighted by Gasteiger charge is -2.10. The van der Waals surface area contributed by atoms with Crippen molar-refractivity contribution in [1.29, 1.82) is 0 Å². The van der Waals surface area contributed by atoms with E-state index >= 15 is 0 Å². The molecule has 4 nitrogen and oxygen atoms in total. The van der Waals surface area contributed by atoms with E-state index in [9.17, 15) is 4.79 Å². The van der Waals surface area contributed by atoms with Crippen molar-refractivity contribution in [2.75, 3.05) is 26.4 Å². The first kappa shape index (κ1) is 14.4. The molecule has 1 unspecified atom stereocenters. The van der Waals surface area contributed by atoms with E-state index in [1.165, 1.54) is 0 Å². The fourth-order valence-corrected chi connectivity index (χ4v) is 1.06. The molecule has 0 heterocycles. The maximum atomic E-state index is 11.3. The summed E-state index contributed by atoms with van der Waals surface area (Å²) in [6.07, 6.45) is 2.85. The van der Waals surface area contributed by atoms with Crippen molar-refractivity contribution >= 4 is 5.97 Å². The van der Waals surface area contributed by atoms with Crippen LogP contribution < -0.4 is 5.73 Å². The average Bonchev–Trinajstić information content (AvgIpc) is 2.23. The van der Waals surface area contributed by atoms with Crippen LogP contribution in [0.2, 0.25) is 0 Å². The topological polar surface area (TPSA) is 61.5 Å². The summed E-state index contributed by atoms with van der Waals surface area (Å²) in [5.41, 5.74) is 5.34. The van der Waals surface area contributed by atoms with Crippen molar-refractivity contribution in [3.63, 3.8) is 0 Å². The van der Waals surface area contributed by atoms with Crippen LogP contribution in [-0.2, 0) is 14.3 Å². The molecule has 0 aliphatic carbocycles. The highest BCUT2D eigenvalue weighted by Crippen LogP contribution is 2.02. The zero-order chi connectivity index (χ0) is 11.5. The lowest BCUT2D eigenvalue weighted by molar-refractivity contribution is -0.149. The van der Waals surface area contributed by atoms with Gasteiger partial charge in [-0.2, -0.15) is 0 Å². The van der Waals surface area contributed by atoms with E-state index in [0.717, 1.165) is 19.4 Å². The first-order valence-electron chi connectivity index (χ1n) is 5.66. The summed E-state index contributed by atoms with van der Waals surface area (Å²) < 4.78 is 10.3. The Kier molecular flexibility index (Phi) is 9.52. The molecule has 15 heavy (non-hydrogen) atoms. The molecule has 0 spiro atoms. The molecule has 0 aliphatic heterocycles. The first-order chi connectivity index (χ1) is 7.22. The molecule has 0 fully saturated rings. The van der Waals surface area contributed by atoms with Gasteiger partial charge in [0.2, 0.25) is 0 Å². The monoisotopic (exact) mass is 217 g/mol. The molecule has 0 bridgehead atoms. The van der Waals surface area contributed by atoms with Crippen molar-refractivity contribution in [1.82, 2.24) is 0 Å². The van der Waals surface area contributed by atoms with Gasteiger partial charge in [-0.25, -0.2) is 0 Å². The second kappa shape index (κ2) is 9.93. The van der Waals surface area contributed by atoms with Gasteiger partial charge in [0.1, 0.15) is 6.61 Å². The number of ether oxygens (including phenoxy) is 2. The van der Waals surface area contributed by atoms with Crippen LogP contribution >= 0.6 is 0 Å². The zero-order valence-electron chi connectivity index (χ0n) is 9.83. The number of hydrogen-bond acceptors (Lipinski definition) is 4. The summed E-state index contributed by atoms with van der Waals surface area (Å²) in [4.78, 5) is 11.3. The van der Waals surface area contributed by atoms with Gasteiger partial charge in [-0.05, 0) is 19.4 Å². The lowest BCUT2D eigenvalue weighted by Crippen LogP contribution is -2.20. The number of hydrogen-bond donors (Lipinski definition) is 1. The van der Waals surface area contributed by atoms with E-state index in [2.05, 4.69) is 6.92 Å². The number of esters is 1. The minimum absolute atomic E-state index is 0.106. The van der Waals surface area contributed by atoms with Crippen molar-refractivity contribution in [3.8, 4) is 0 Å². The maximum Gasteiger partial charge on any atom is 0.308 e. The summed E-state index contributed by atoms with van der Waals surface area (Å²) in [7, 11) is 0. The minimum Gasteiger partial charge on any atom is -0.463 e. The fourth-order valence-electron chi connectivity index (χ4n) is 1.06. The Morgan fingerprint density at radius 1 is 1.33 bits per heavy atom. The number of nitrogens with two attached hydrogens (primary N) is 1. The number of rotatable bonds is 9. The van der Waals surface area contributed by atoms with E-state index < -0.39 is 0 Å². The Morgan fingerprint density at radius 2 is 2.07 bits per heavy atom. The standard InChI is InChI=1S/C11H23NO3/c1-3-4-7-14-8-9-15-11(13)10(2)5-6-12/h10H,3-9,12H2,1-2H3. The van der Waals surface area contributed by atoms with E-state index in [-0.39, 0.29) is 11.9 Å². The first-order valence-corrected chi connectivity index (χ1v) is 5.66. The molecule has 0 aromatic carbocycles. The highest BCUT2D eigenvalue weighted by atomic mass is 16.6. The van der Waals surface area contributed by atoms with Gasteiger partial charge in [0.15, 0.2) is 0 Å². The Hall–Kier alpha value is -0.610. The Morgan fingerprint density at radius 3 is 2.67 bits per heavy atom. The number of carbonyl (C=O) groups excluding carboxylic acids is 1. The SMILES string of the molecule is CCCCOCCOC(=O)C(C)CCN. The normalized spacial score (nSPS) is 12.5. The van der Waals surface area contributed by atoms with Crippen molar-refractivity contribution in [2.24, 2.45) is 11.7 Å². The zero-order valence-corrected chi connectivity index (χ0v) is 9.83. The van der Waals surface area contributed by atoms with Gasteiger partial charge in [-0.15, -0.1) is 0 Å². The molecule has 0 amide bonds. The van der Waals surface area contributed by atoms with Gasteiger partial charge in [0.05, 0.1) is 12.5 Å². The molecule has 90 valence electrons. The maximum absolute atomic E-state index is 11.3. The summed E-state index contributed by atoms with van der Waals surface area (Å²) in [6.45, 7) is 6.03. The predicted molar refractivity (Wildman–Crippen MR) is 59.5 cm³/mol. The molecule has 0 saturated heterocycles. The third-order valence-electron chi connectivity index (χ3n) is 2.12. The van der Waals surface area contributed by atoms with E-state index in [0.29, 0.717) is 26.2 Å². The number of unbranched alkanes of at least 4 members (excludes halogenated alkanes) is 1. The van der Waals surface area contributed by atoms with Gasteiger partial charge in [-0.3, -0.25) is 4.79 Å². The number of carbonyl (C=O) groups is 1. The van der Waals surface area contributed by atoms with Crippen LogP contribution in [0.3, 0.4) is 0 Å². The molecule has 0 radical (unpaired) electrons.